The lowest BCUT2D eigenvalue weighted by Crippen LogP contribution is -2.43. The van der Waals surface area contributed by atoms with Gasteiger partial charge in [-0.2, -0.15) is 0 Å². The molecule has 0 bridgehead atoms. The van der Waals surface area contributed by atoms with E-state index in [0.29, 0.717) is 25.4 Å². The van der Waals surface area contributed by atoms with Crippen LogP contribution in [0.2, 0.25) is 0 Å². The Bertz CT molecular complexity index is 822. The summed E-state index contributed by atoms with van der Waals surface area (Å²) in [6.07, 6.45) is 1.71. The van der Waals surface area contributed by atoms with Gasteiger partial charge in [-0.3, -0.25) is 14.7 Å². The van der Waals surface area contributed by atoms with Gasteiger partial charge in [-0.25, -0.2) is 4.98 Å². The Morgan fingerprint density at radius 1 is 1.40 bits per heavy atom. The lowest BCUT2D eigenvalue weighted by Gasteiger charge is -2.24. The van der Waals surface area contributed by atoms with Gasteiger partial charge in [0.1, 0.15) is 6.61 Å². The first-order valence-electron chi connectivity index (χ1n) is 8.19. The smallest absolute Gasteiger partial charge is 0.234 e. The number of fused-ring (bicyclic) bond motifs is 1. The molecule has 0 fully saturated rings. The summed E-state index contributed by atoms with van der Waals surface area (Å²) in [7, 11) is 0. The molecule has 1 aromatic heterocycles. The predicted molar refractivity (Wildman–Crippen MR) is 93.2 cm³/mol. The van der Waals surface area contributed by atoms with Crippen molar-refractivity contribution in [1.29, 1.82) is 0 Å². The molecule has 1 atom stereocenters. The fourth-order valence-corrected chi connectivity index (χ4v) is 2.98. The van der Waals surface area contributed by atoms with Crippen LogP contribution in [-0.4, -0.2) is 45.1 Å². The normalized spacial score (nSPS) is 15.8. The molecule has 0 spiro atoms. The van der Waals surface area contributed by atoms with Gasteiger partial charge in [0, 0.05) is 30.4 Å². The van der Waals surface area contributed by atoms with Crippen LogP contribution in [0, 0.1) is 13.8 Å². The molecule has 0 radical (unpaired) electrons. The highest BCUT2D eigenvalue weighted by Gasteiger charge is 2.25. The minimum absolute atomic E-state index is 0.0591. The summed E-state index contributed by atoms with van der Waals surface area (Å²) in [5.74, 6) is 0.120. The van der Waals surface area contributed by atoms with E-state index in [1.807, 2.05) is 24.8 Å². The van der Waals surface area contributed by atoms with E-state index >= 15 is 0 Å². The van der Waals surface area contributed by atoms with E-state index in [4.69, 9.17) is 10.5 Å². The van der Waals surface area contributed by atoms with E-state index in [9.17, 15) is 9.90 Å². The van der Waals surface area contributed by atoms with Crippen LogP contribution in [0.25, 0.3) is 11.3 Å². The van der Waals surface area contributed by atoms with Gasteiger partial charge in [-0.15, -0.1) is 0 Å². The number of phenols is 1. The largest absolute Gasteiger partial charge is 0.504 e. The monoisotopic (exact) mass is 342 g/mol. The number of benzene rings is 1. The summed E-state index contributed by atoms with van der Waals surface area (Å²) in [5.41, 5.74) is 9.30. The molecule has 1 amide bonds. The number of aryl methyl sites for hydroxylation is 2. The highest BCUT2D eigenvalue weighted by Crippen LogP contribution is 2.37. The molecule has 1 aliphatic heterocycles. The maximum absolute atomic E-state index is 11.5. The maximum atomic E-state index is 11.5. The van der Waals surface area contributed by atoms with Crippen LogP contribution in [-0.2, 0) is 11.3 Å². The van der Waals surface area contributed by atoms with Gasteiger partial charge >= 0.3 is 0 Å². The van der Waals surface area contributed by atoms with Crippen LogP contribution >= 0.6 is 0 Å². The molecule has 1 aromatic carbocycles. The number of hydrogen-bond acceptors (Lipinski definition) is 6. The number of amides is 1. The molecule has 0 unspecified atom stereocenters. The number of primary amides is 1. The summed E-state index contributed by atoms with van der Waals surface area (Å²) in [6, 6.07) is 3.15. The topological polar surface area (TPSA) is 102 Å². The third kappa shape index (κ3) is 3.41. The summed E-state index contributed by atoms with van der Waals surface area (Å²) < 4.78 is 5.70. The zero-order valence-corrected chi connectivity index (χ0v) is 14.6. The SMILES string of the molecule is Cc1cnc(C)c(-c2cc(O)c3c(c2)CN([C@H](C)C(N)=O)CCO3)n1. The number of phenolic OH excluding ortho intramolecular Hbond substituents is 1. The second kappa shape index (κ2) is 6.68. The van der Waals surface area contributed by atoms with Gasteiger partial charge in [0.15, 0.2) is 11.5 Å². The molecule has 2 aromatic rings. The lowest BCUT2D eigenvalue weighted by atomic mass is 10.0. The number of carbonyl (C=O) groups excluding carboxylic acids is 1. The van der Waals surface area contributed by atoms with E-state index in [1.165, 1.54) is 0 Å². The molecule has 3 N–H and O–H groups in total. The minimum Gasteiger partial charge on any atom is -0.504 e. The van der Waals surface area contributed by atoms with E-state index in [0.717, 1.165) is 28.2 Å². The summed E-state index contributed by atoms with van der Waals surface area (Å²) >= 11 is 0. The van der Waals surface area contributed by atoms with E-state index in [2.05, 4.69) is 9.97 Å². The van der Waals surface area contributed by atoms with E-state index in [1.54, 1.807) is 19.2 Å². The first-order valence-corrected chi connectivity index (χ1v) is 8.19. The quantitative estimate of drug-likeness (QED) is 0.877. The van der Waals surface area contributed by atoms with Gasteiger partial charge < -0.3 is 15.6 Å². The Morgan fingerprint density at radius 2 is 2.16 bits per heavy atom. The number of aromatic nitrogens is 2. The zero-order valence-electron chi connectivity index (χ0n) is 14.6. The van der Waals surface area contributed by atoms with Gasteiger partial charge in [0.25, 0.3) is 0 Å². The van der Waals surface area contributed by atoms with Crippen molar-refractivity contribution in [2.24, 2.45) is 5.73 Å². The van der Waals surface area contributed by atoms with E-state index in [-0.39, 0.29) is 11.7 Å². The number of nitrogens with zero attached hydrogens (tertiary/aromatic N) is 3. The number of carbonyl (C=O) groups is 1. The minimum atomic E-state index is -0.416. The maximum Gasteiger partial charge on any atom is 0.234 e. The van der Waals surface area contributed by atoms with Crippen molar-refractivity contribution in [2.75, 3.05) is 13.2 Å². The van der Waals surface area contributed by atoms with Crippen LogP contribution in [0.4, 0.5) is 0 Å². The molecule has 1 aliphatic rings. The molecule has 132 valence electrons. The molecule has 3 rings (SSSR count). The van der Waals surface area contributed by atoms with Crippen molar-refractivity contribution < 1.29 is 14.6 Å². The molecular weight excluding hydrogens is 320 g/mol. The van der Waals surface area contributed by atoms with E-state index < -0.39 is 6.04 Å². The molecule has 0 saturated carbocycles. The Morgan fingerprint density at radius 3 is 2.88 bits per heavy atom. The van der Waals surface area contributed by atoms with Crippen LogP contribution in [0.5, 0.6) is 11.5 Å². The first kappa shape index (κ1) is 17.2. The van der Waals surface area contributed by atoms with Crippen LogP contribution in [0.3, 0.4) is 0 Å². The molecular formula is C18H22N4O3. The van der Waals surface area contributed by atoms with Crippen LogP contribution in [0.1, 0.15) is 23.9 Å². The van der Waals surface area contributed by atoms with Gasteiger partial charge in [-0.1, -0.05) is 0 Å². The molecule has 7 heteroatoms. The highest BCUT2D eigenvalue weighted by molar-refractivity contribution is 5.79. The number of hydrogen-bond donors (Lipinski definition) is 2. The Kier molecular flexibility index (Phi) is 4.59. The fraction of sp³-hybridized carbons (Fsp3) is 0.389. The van der Waals surface area contributed by atoms with Crippen LogP contribution in [0.15, 0.2) is 18.3 Å². The molecule has 2 heterocycles. The fourth-order valence-electron chi connectivity index (χ4n) is 2.98. The number of rotatable bonds is 3. The van der Waals surface area contributed by atoms with Gasteiger partial charge in [0.05, 0.1) is 23.1 Å². The van der Waals surface area contributed by atoms with Crippen molar-refractivity contribution in [3.8, 4) is 22.8 Å². The molecule has 0 saturated heterocycles. The lowest BCUT2D eigenvalue weighted by molar-refractivity contribution is -0.122. The van der Waals surface area contributed by atoms with Crippen molar-refractivity contribution in [1.82, 2.24) is 14.9 Å². The number of nitrogens with two attached hydrogens (primary N) is 1. The summed E-state index contributed by atoms with van der Waals surface area (Å²) in [6.45, 7) is 6.91. The Hall–Kier alpha value is -2.67. The van der Waals surface area contributed by atoms with Crippen molar-refractivity contribution in [3.05, 3.63) is 35.3 Å². The Labute approximate surface area is 146 Å². The average Bonchev–Trinajstić information content (AvgIpc) is 2.79. The van der Waals surface area contributed by atoms with Gasteiger partial charge in [0.2, 0.25) is 5.91 Å². The van der Waals surface area contributed by atoms with Crippen molar-refractivity contribution in [2.45, 2.75) is 33.4 Å². The molecule has 7 nitrogen and oxygen atoms in total. The first-order chi connectivity index (χ1) is 11.9. The summed E-state index contributed by atoms with van der Waals surface area (Å²) in [5, 5.41) is 10.4. The zero-order chi connectivity index (χ0) is 18.1. The highest BCUT2D eigenvalue weighted by atomic mass is 16.5. The Balaban J connectivity index is 2.05. The third-order valence-corrected chi connectivity index (χ3v) is 4.45. The average molecular weight is 342 g/mol. The standard InChI is InChI=1S/C18H22N4O3/c1-10-8-20-11(2)16(21-10)13-6-14-9-22(12(3)18(19)24)4-5-25-17(14)15(23)7-13/h6-8,12,23H,4-5,9H2,1-3H3,(H2,19,24)/t12-/m1/s1. The second-order valence-corrected chi connectivity index (χ2v) is 6.33. The van der Waals surface area contributed by atoms with Gasteiger partial charge in [-0.05, 0) is 32.9 Å². The molecule has 25 heavy (non-hydrogen) atoms. The van der Waals surface area contributed by atoms with Crippen LogP contribution < -0.4 is 10.5 Å². The third-order valence-electron chi connectivity index (χ3n) is 4.45. The second-order valence-electron chi connectivity index (χ2n) is 6.33. The summed E-state index contributed by atoms with van der Waals surface area (Å²) in [4.78, 5) is 22.3. The molecule has 0 aliphatic carbocycles. The number of ether oxygens (including phenoxy) is 1. The number of aromatic hydroxyl groups is 1. The predicted octanol–water partition coefficient (Wildman–Crippen LogP) is 1.53. The van der Waals surface area contributed by atoms with Crippen molar-refractivity contribution in [3.63, 3.8) is 0 Å². The van der Waals surface area contributed by atoms with Crippen molar-refractivity contribution >= 4 is 5.91 Å².